The molecule has 2 nitrogen and oxygen atoms in total. The molecule has 3 N–H and O–H groups in total. The van der Waals surface area contributed by atoms with Crippen LogP contribution < -0.4 is 5.73 Å². The van der Waals surface area contributed by atoms with Gasteiger partial charge in [-0.3, -0.25) is 0 Å². The third-order valence-electron chi connectivity index (χ3n) is 2.68. The van der Waals surface area contributed by atoms with Crippen molar-refractivity contribution in [3.05, 3.63) is 35.5 Å². The molecule has 0 saturated heterocycles. The predicted molar refractivity (Wildman–Crippen MR) is 60.4 cm³/mol. The molecule has 0 unspecified atom stereocenters. The average Bonchev–Trinajstić information content (AvgIpc) is 2.62. The SMILES string of the molecule is CCc1c[nH]c2c(CCN)cccc12. The number of H-pyrrole nitrogens is 1. The highest BCUT2D eigenvalue weighted by Gasteiger charge is 2.04. The fraction of sp³-hybridized carbons (Fsp3) is 0.333. The minimum Gasteiger partial charge on any atom is -0.361 e. The van der Waals surface area contributed by atoms with Crippen LogP contribution in [0.3, 0.4) is 0 Å². The van der Waals surface area contributed by atoms with Crippen LogP contribution in [0.25, 0.3) is 10.9 Å². The van der Waals surface area contributed by atoms with Crippen molar-refractivity contribution in [3.63, 3.8) is 0 Å². The van der Waals surface area contributed by atoms with Crippen LogP contribution in [0.2, 0.25) is 0 Å². The van der Waals surface area contributed by atoms with Gasteiger partial charge in [-0.2, -0.15) is 0 Å². The first-order valence-corrected chi connectivity index (χ1v) is 5.14. The molecule has 0 spiro atoms. The molecule has 1 aromatic carbocycles. The second-order valence-corrected chi connectivity index (χ2v) is 3.55. The lowest BCUT2D eigenvalue weighted by Gasteiger charge is -2.01. The highest BCUT2D eigenvalue weighted by Crippen LogP contribution is 2.22. The molecule has 0 fully saturated rings. The van der Waals surface area contributed by atoms with Gasteiger partial charge in [-0.15, -0.1) is 0 Å². The van der Waals surface area contributed by atoms with Crippen LogP contribution in [0.4, 0.5) is 0 Å². The summed E-state index contributed by atoms with van der Waals surface area (Å²) in [5.74, 6) is 0. The Morgan fingerprint density at radius 1 is 1.29 bits per heavy atom. The maximum Gasteiger partial charge on any atom is 0.0489 e. The van der Waals surface area contributed by atoms with Crippen molar-refractivity contribution in [2.75, 3.05) is 6.54 Å². The molecule has 2 heteroatoms. The molecule has 2 rings (SSSR count). The third kappa shape index (κ3) is 1.42. The van der Waals surface area contributed by atoms with E-state index in [1.165, 1.54) is 22.0 Å². The second-order valence-electron chi connectivity index (χ2n) is 3.55. The van der Waals surface area contributed by atoms with Crippen molar-refractivity contribution in [1.29, 1.82) is 0 Å². The molecular weight excluding hydrogens is 172 g/mol. The first-order valence-electron chi connectivity index (χ1n) is 5.14. The molecule has 0 aliphatic rings. The number of hydrogen-bond acceptors (Lipinski definition) is 1. The largest absolute Gasteiger partial charge is 0.361 e. The molecule has 1 heterocycles. The molecule has 0 bridgehead atoms. The lowest BCUT2D eigenvalue weighted by atomic mass is 10.1. The molecule has 74 valence electrons. The van der Waals surface area contributed by atoms with Crippen molar-refractivity contribution in [3.8, 4) is 0 Å². The summed E-state index contributed by atoms with van der Waals surface area (Å²) in [4.78, 5) is 3.34. The topological polar surface area (TPSA) is 41.8 Å². The van der Waals surface area contributed by atoms with E-state index in [0.717, 1.165) is 12.8 Å². The third-order valence-corrected chi connectivity index (χ3v) is 2.68. The summed E-state index contributed by atoms with van der Waals surface area (Å²) in [6, 6.07) is 6.43. The molecule has 2 aromatic rings. The van der Waals surface area contributed by atoms with Gasteiger partial charge in [0.05, 0.1) is 0 Å². The van der Waals surface area contributed by atoms with E-state index >= 15 is 0 Å². The zero-order chi connectivity index (χ0) is 9.97. The molecule has 0 radical (unpaired) electrons. The van der Waals surface area contributed by atoms with E-state index in [1.54, 1.807) is 0 Å². The van der Waals surface area contributed by atoms with Crippen LogP contribution in [0.15, 0.2) is 24.4 Å². The highest BCUT2D eigenvalue weighted by atomic mass is 14.7. The van der Waals surface area contributed by atoms with Crippen molar-refractivity contribution >= 4 is 10.9 Å². The quantitative estimate of drug-likeness (QED) is 0.762. The Morgan fingerprint density at radius 3 is 2.86 bits per heavy atom. The summed E-state index contributed by atoms with van der Waals surface area (Å²) in [5, 5.41) is 1.35. The van der Waals surface area contributed by atoms with Gasteiger partial charge in [-0.1, -0.05) is 25.1 Å². The van der Waals surface area contributed by atoms with E-state index in [0.29, 0.717) is 6.54 Å². The van der Waals surface area contributed by atoms with Gasteiger partial charge in [0.15, 0.2) is 0 Å². The van der Waals surface area contributed by atoms with Crippen LogP contribution in [0.1, 0.15) is 18.1 Å². The number of aryl methyl sites for hydroxylation is 1. The van der Waals surface area contributed by atoms with E-state index in [-0.39, 0.29) is 0 Å². The summed E-state index contributed by atoms with van der Waals surface area (Å²) >= 11 is 0. The monoisotopic (exact) mass is 188 g/mol. The van der Waals surface area contributed by atoms with E-state index in [9.17, 15) is 0 Å². The molecule has 0 aliphatic heterocycles. The number of nitrogens with one attached hydrogen (secondary N) is 1. The molecule has 0 aliphatic carbocycles. The number of para-hydroxylation sites is 1. The number of aromatic nitrogens is 1. The Balaban J connectivity index is 2.58. The Kier molecular flexibility index (Phi) is 2.55. The van der Waals surface area contributed by atoms with Gasteiger partial charge in [0.2, 0.25) is 0 Å². The summed E-state index contributed by atoms with van der Waals surface area (Å²) in [6.45, 7) is 2.89. The number of aromatic amines is 1. The second kappa shape index (κ2) is 3.84. The normalized spacial score (nSPS) is 11.0. The molecular formula is C12H16N2. The summed E-state index contributed by atoms with van der Waals surface area (Å²) in [6.07, 6.45) is 4.12. The molecule has 1 aromatic heterocycles. The number of hydrogen-bond donors (Lipinski definition) is 2. The number of nitrogens with two attached hydrogens (primary N) is 1. The lowest BCUT2D eigenvalue weighted by molar-refractivity contribution is 0.974. The van der Waals surface area contributed by atoms with Gasteiger partial charge in [0.1, 0.15) is 0 Å². The van der Waals surface area contributed by atoms with Gasteiger partial charge < -0.3 is 10.7 Å². The Bertz CT molecular complexity index is 429. The van der Waals surface area contributed by atoms with E-state index in [1.807, 2.05) is 0 Å². The van der Waals surface area contributed by atoms with Crippen LogP contribution in [0, 0.1) is 0 Å². The minimum absolute atomic E-state index is 0.708. The van der Waals surface area contributed by atoms with Crippen molar-refractivity contribution in [1.82, 2.24) is 4.98 Å². The number of benzene rings is 1. The van der Waals surface area contributed by atoms with Crippen LogP contribution in [-0.2, 0) is 12.8 Å². The summed E-state index contributed by atoms with van der Waals surface area (Å²) in [5.41, 5.74) is 9.55. The first kappa shape index (κ1) is 9.28. The summed E-state index contributed by atoms with van der Waals surface area (Å²) in [7, 11) is 0. The molecule has 0 amide bonds. The highest BCUT2D eigenvalue weighted by molar-refractivity contribution is 5.86. The van der Waals surface area contributed by atoms with Gasteiger partial charge in [0.25, 0.3) is 0 Å². The molecule has 0 atom stereocenters. The van der Waals surface area contributed by atoms with Crippen molar-refractivity contribution < 1.29 is 0 Å². The Hall–Kier alpha value is -1.28. The zero-order valence-electron chi connectivity index (χ0n) is 8.51. The van der Waals surface area contributed by atoms with E-state index < -0.39 is 0 Å². The summed E-state index contributed by atoms with van der Waals surface area (Å²) < 4.78 is 0. The average molecular weight is 188 g/mol. The predicted octanol–water partition coefficient (Wildman–Crippen LogP) is 2.23. The Labute approximate surface area is 84.1 Å². The maximum absolute atomic E-state index is 5.58. The lowest BCUT2D eigenvalue weighted by Crippen LogP contribution is -2.02. The standard InChI is InChI=1S/C12H16N2/c1-2-9-8-14-12-10(6-7-13)4-3-5-11(9)12/h3-5,8,14H,2,6-7,13H2,1H3. The van der Waals surface area contributed by atoms with Crippen LogP contribution >= 0.6 is 0 Å². The number of fused-ring (bicyclic) bond motifs is 1. The maximum atomic E-state index is 5.58. The molecule has 14 heavy (non-hydrogen) atoms. The van der Waals surface area contributed by atoms with E-state index in [2.05, 4.69) is 36.3 Å². The first-order chi connectivity index (χ1) is 6.86. The van der Waals surface area contributed by atoms with Gasteiger partial charge in [-0.25, -0.2) is 0 Å². The minimum atomic E-state index is 0.708. The van der Waals surface area contributed by atoms with Crippen molar-refractivity contribution in [2.45, 2.75) is 19.8 Å². The van der Waals surface area contributed by atoms with Gasteiger partial charge in [-0.05, 0) is 30.5 Å². The molecule has 0 saturated carbocycles. The van der Waals surface area contributed by atoms with Gasteiger partial charge in [0, 0.05) is 17.1 Å². The van der Waals surface area contributed by atoms with Gasteiger partial charge >= 0.3 is 0 Å². The Morgan fingerprint density at radius 2 is 2.14 bits per heavy atom. The van der Waals surface area contributed by atoms with Crippen molar-refractivity contribution in [2.24, 2.45) is 5.73 Å². The van der Waals surface area contributed by atoms with Crippen LogP contribution in [-0.4, -0.2) is 11.5 Å². The number of rotatable bonds is 3. The zero-order valence-corrected chi connectivity index (χ0v) is 8.51. The van der Waals surface area contributed by atoms with E-state index in [4.69, 9.17) is 5.73 Å². The fourth-order valence-corrected chi connectivity index (χ4v) is 1.93. The fourth-order valence-electron chi connectivity index (χ4n) is 1.93. The van der Waals surface area contributed by atoms with Crippen LogP contribution in [0.5, 0.6) is 0 Å². The smallest absolute Gasteiger partial charge is 0.0489 e.